The number of hydrogen-bond acceptors (Lipinski definition) is 3. The number of rotatable bonds is 4. The molecule has 0 N–H and O–H groups in total. The van der Waals surface area contributed by atoms with E-state index in [4.69, 9.17) is 0 Å². The van der Waals surface area contributed by atoms with Crippen LogP contribution in [0.2, 0.25) is 0 Å². The largest absolute Gasteiger partial charge is 0.549 e. The number of thioether (sulfide) groups is 1. The lowest BCUT2D eigenvalue weighted by molar-refractivity contribution is -0.301. The van der Waals surface area contributed by atoms with Crippen LogP contribution in [0.1, 0.15) is 6.92 Å². The molecule has 84 valence electrons. The third kappa shape index (κ3) is 2.07. The average Bonchev–Trinajstić information content (AvgIpc) is 2.65. The first-order valence-electron chi connectivity index (χ1n) is 5.13. The lowest BCUT2D eigenvalue weighted by atomic mass is 10.2. The molecule has 0 aliphatic carbocycles. The Morgan fingerprint density at radius 3 is 2.88 bits per heavy atom. The molecular formula is C12H12NO2S-. The van der Waals surface area contributed by atoms with Gasteiger partial charge in [0.25, 0.3) is 0 Å². The van der Waals surface area contributed by atoms with Gasteiger partial charge in [-0.1, -0.05) is 18.2 Å². The number of carbonyl (C=O) groups excluding carboxylic acids is 1. The van der Waals surface area contributed by atoms with E-state index in [0.29, 0.717) is 0 Å². The Bertz CT molecular complexity index is 519. The molecule has 16 heavy (non-hydrogen) atoms. The number of fused-ring (bicyclic) bond motifs is 1. The first-order valence-corrected chi connectivity index (χ1v) is 6.11. The van der Waals surface area contributed by atoms with Gasteiger partial charge in [0.1, 0.15) is 0 Å². The second-order valence-corrected chi connectivity index (χ2v) is 4.47. The number of hydrogen-bond donors (Lipinski definition) is 0. The van der Waals surface area contributed by atoms with Crippen molar-refractivity contribution in [1.29, 1.82) is 0 Å². The summed E-state index contributed by atoms with van der Waals surface area (Å²) in [5.41, 5.74) is 1.14. The van der Waals surface area contributed by atoms with Crippen LogP contribution in [0.5, 0.6) is 0 Å². The zero-order valence-electron chi connectivity index (χ0n) is 8.97. The normalized spacial score (nSPS) is 10.8. The molecule has 2 aromatic rings. The van der Waals surface area contributed by atoms with E-state index < -0.39 is 5.97 Å². The van der Waals surface area contributed by atoms with E-state index in [1.165, 1.54) is 11.8 Å². The van der Waals surface area contributed by atoms with E-state index >= 15 is 0 Å². The SMILES string of the molecule is CCn1cc(SCC(=O)[O-])c2ccccc21. The Hall–Kier alpha value is -1.42. The van der Waals surface area contributed by atoms with E-state index in [1.54, 1.807) is 0 Å². The highest BCUT2D eigenvalue weighted by Gasteiger charge is 2.06. The molecule has 4 heteroatoms. The van der Waals surface area contributed by atoms with Crippen molar-refractivity contribution in [2.45, 2.75) is 18.4 Å². The minimum Gasteiger partial charge on any atom is -0.549 e. The van der Waals surface area contributed by atoms with Crippen LogP contribution in [0.4, 0.5) is 0 Å². The van der Waals surface area contributed by atoms with Crippen LogP contribution in [-0.4, -0.2) is 16.3 Å². The van der Waals surface area contributed by atoms with Gasteiger partial charge in [-0.2, -0.15) is 0 Å². The minimum atomic E-state index is -1.03. The minimum absolute atomic E-state index is 0.00226. The third-order valence-corrected chi connectivity index (χ3v) is 3.45. The molecule has 0 saturated heterocycles. The predicted molar refractivity (Wildman–Crippen MR) is 63.3 cm³/mol. The number of aliphatic carboxylic acids is 1. The smallest absolute Gasteiger partial charge is 0.0517 e. The summed E-state index contributed by atoms with van der Waals surface area (Å²) in [4.78, 5) is 11.4. The first-order chi connectivity index (χ1) is 7.72. The number of carboxylic acid groups (broad SMARTS) is 1. The average molecular weight is 234 g/mol. The van der Waals surface area contributed by atoms with Crippen LogP contribution in [0.15, 0.2) is 35.4 Å². The van der Waals surface area contributed by atoms with Gasteiger partial charge in [-0.15, -0.1) is 11.8 Å². The number of benzene rings is 1. The summed E-state index contributed by atoms with van der Waals surface area (Å²) < 4.78 is 2.12. The maximum absolute atomic E-state index is 10.4. The summed E-state index contributed by atoms with van der Waals surface area (Å²) in [7, 11) is 0. The van der Waals surface area contributed by atoms with Crippen molar-refractivity contribution in [3.05, 3.63) is 30.5 Å². The van der Waals surface area contributed by atoms with Gasteiger partial charge in [-0.05, 0) is 13.0 Å². The number of nitrogens with zero attached hydrogens (tertiary/aromatic N) is 1. The summed E-state index contributed by atoms with van der Waals surface area (Å²) in [5, 5.41) is 11.6. The summed E-state index contributed by atoms with van der Waals surface area (Å²) in [5.74, 6) is -1.03. The maximum Gasteiger partial charge on any atom is 0.0517 e. The molecule has 0 fully saturated rings. The molecule has 0 saturated carbocycles. The van der Waals surface area contributed by atoms with Crippen LogP contribution in [-0.2, 0) is 11.3 Å². The first kappa shape index (κ1) is 11.1. The molecular weight excluding hydrogens is 222 g/mol. The van der Waals surface area contributed by atoms with E-state index in [2.05, 4.69) is 11.5 Å². The monoisotopic (exact) mass is 234 g/mol. The van der Waals surface area contributed by atoms with Crippen LogP contribution in [0.3, 0.4) is 0 Å². The van der Waals surface area contributed by atoms with Crippen molar-refractivity contribution < 1.29 is 9.90 Å². The molecule has 0 amide bonds. The summed E-state index contributed by atoms with van der Waals surface area (Å²) in [6.07, 6.45) is 2.00. The van der Waals surface area contributed by atoms with Gasteiger partial charge in [0.15, 0.2) is 0 Å². The molecule has 1 aromatic heterocycles. The van der Waals surface area contributed by atoms with E-state index in [-0.39, 0.29) is 5.75 Å². The number of aryl methyl sites for hydroxylation is 1. The van der Waals surface area contributed by atoms with Crippen molar-refractivity contribution in [3.63, 3.8) is 0 Å². The Morgan fingerprint density at radius 2 is 2.19 bits per heavy atom. The number of carboxylic acids is 1. The van der Waals surface area contributed by atoms with Gasteiger partial charge >= 0.3 is 0 Å². The number of aromatic nitrogens is 1. The zero-order valence-corrected chi connectivity index (χ0v) is 9.79. The topological polar surface area (TPSA) is 45.1 Å². The molecule has 2 rings (SSSR count). The van der Waals surface area contributed by atoms with Gasteiger partial charge in [0.05, 0.1) is 5.97 Å². The molecule has 0 atom stereocenters. The molecule has 0 bridgehead atoms. The molecule has 3 nitrogen and oxygen atoms in total. The molecule has 1 aromatic carbocycles. The van der Waals surface area contributed by atoms with Gasteiger partial charge in [-0.25, -0.2) is 0 Å². The van der Waals surface area contributed by atoms with Crippen molar-refractivity contribution in [2.75, 3.05) is 5.75 Å². The van der Waals surface area contributed by atoms with Crippen molar-refractivity contribution >= 4 is 28.6 Å². The van der Waals surface area contributed by atoms with Gasteiger partial charge in [-0.3, -0.25) is 0 Å². The van der Waals surface area contributed by atoms with Crippen molar-refractivity contribution in [3.8, 4) is 0 Å². The molecule has 0 aliphatic heterocycles. The highest BCUT2D eigenvalue weighted by Crippen LogP contribution is 2.29. The fourth-order valence-corrected chi connectivity index (χ4v) is 2.53. The van der Waals surface area contributed by atoms with Crippen LogP contribution in [0, 0.1) is 0 Å². The summed E-state index contributed by atoms with van der Waals surface area (Å²) >= 11 is 1.31. The Labute approximate surface area is 98.1 Å². The molecule has 1 heterocycles. The Kier molecular flexibility index (Phi) is 3.19. The van der Waals surface area contributed by atoms with E-state index in [9.17, 15) is 9.90 Å². The second kappa shape index (κ2) is 4.61. The van der Waals surface area contributed by atoms with Crippen LogP contribution >= 0.6 is 11.8 Å². The van der Waals surface area contributed by atoms with Crippen LogP contribution in [0.25, 0.3) is 10.9 Å². The van der Waals surface area contributed by atoms with Crippen molar-refractivity contribution in [1.82, 2.24) is 4.57 Å². The maximum atomic E-state index is 10.4. The summed E-state index contributed by atoms with van der Waals surface area (Å²) in [6, 6.07) is 8.01. The Balaban J connectivity index is 2.41. The molecule has 0 unspecified atom stereocenters. The van der Waals surface area contributed by atoms with E-state index in [1.807, 2.05) is 30.5 Å². The highest BCUT2D eigenvalue weighted by molar-refractivity contribution is 8.00. The van der Waals surface area contributed by atoms with E-state index in [0.717, 1.165) is 22.3 Å². The number of para-hydroxylation sites is 1. The quantitative estimate of drug-likeness (QED) is 0.753. The van der Waals surface area contributed by atoms with Gasteiger partial charge in [0.2, 0.25) is 0 Å². The molecule has 0 aliphatic rings. The van der Waals surface area contributed by atoms with Crippen molar-refractivity contribution in [2.24, 2.45) is 0 Å². The lowest BCUT2D eigenvalue weighted by Crippen LogP contribution is -2.24. The molecule has 0 spiro atoms. The van der Waals surface area contributed by atoms with Gasteiger partial charge in [0, 0.05) is 34.3 Å². The predicted octanol–water partition coefficient (Wildman–Crippen LogP) is 1.50. The fourth-order valence-electron chi connectivity index (χ4n) is 1.73. The summed E-state index contributed by atoms with van der Waals surface area (Å²) in [6.45, 7) is 2.95. The van der Waals surface area contributed by atoms with Gasteiger partial charge < -0.3 is 14.5 Å². The fraction of sp³-hybridized carbons (Fsp3) is 0.250. The van der Waals surface area contributed by atoms with Crippen LogP contribution < -0.4 is 5.11 Å². The zero-order chi connectivity index (χ0) is 11.5. The standard InChI is InChI=1S/C12H13NO2S/c1-2-13-7-11(16-8-12(14)15)9-5-3-4-6-10(9)13/h3-7H,2,8H2,1H3,(H,14,15)/p-1. The molecule has 0 radical (unpaired) electrons. The lowest BCUT2D eigenvalue weighted by Gasteiger charge is -1.99. The third-order valence-electron chi connectivity index (χ3n) is 2.44. The highest BCUT2D eigenvalue weighted by atomic mass is 32.2. The Morgan fingerprint density at radius 1 is 1.44 bits per heavy atom. The second-order valence-electron chi connectivity index (χ2n) is 3.46. The number of carbonyl (C=O) groups is 1.